The van der Waals surface area contributed by atoms with Crippen molar-refractivity contribution in [2.75, 3.05) is 40.8 Å². The van der Waals surface area contributed by atoms with Crippen LogP contribution in [0.2, 0.25) is 0 Å². The molecule has 0 radical (unpaired) electrons. The molecule has 1 atom stereocenters. The molecular formula is C20H35IN4O. The second-order valence-corrected chi connectivity index (χ2v) is 7.00. The van der Waals surface area contributed by atoms with E-state index in [2.05, 4.69) is 46.8 Å². The van der Waals surface area contributed by atoms with Crippen LogP contribution in [0, 0.1) is 0 Å². The molecule has 5 nitrogen and oxygen atoms in total. The van der Waals surface area contributed by atoms with Gasteiger partial charge in [-0.2, -0.15) is 0 Å². The number of hydrogen-bond acceptors (Lipinski definition) is 3. The van der Waals surface area contributed by atoms with E-state index in [-0.39, 0.29) is 30.1 Å². The predicted molar refractivity (Wildman–Crippen MR) is 121 cm³/mol. The maximum Gasteiger partial charge on any atom is 0.191 e. The molecule has 2 N–H and O–H groups in total. The fourth-order valence-corrected chi connectivity index (χ4v) is 3.09. The Labute approximate surface area is 176 Å². The lowest BCUT2D eigenvalue weighted by atomic mass is 10.1. The van der Waals surface area contributed by atoms with Crippen LogP contribution in [0.5, 0.6) is 5.75 Å². The molecule has 6 heteroatoms. The number of benzene rings is 1. The van der Waals surface area contributed by atoms with E-state index >= 15 is 0 Å². The smallest absolute Gasteiger partial charge is 0.191 e. The van der Waals surface area contributed by atoms with E-state index in [9.17, 15) is 0 Å². The van der Waals surface area contributed by atoms with E-state index in [4.69, 9.17) is 4.74 Å². The minimum absolute atomic E-state index is 0. The number of ether oxygens (including phenoxy) is 1. The molecule has 0 fully saturated rings. The van der Waals surface area contributed by atoms with Crippen molar-refractivity contribution in [2.45, 2.75) is 44.6 Å². The van der Waals surface area contributed by atoms with Crippen molar-refractivity contribution in [1.82, 2.24) is 15.5 Å². The summed E-state index contributed by atoms with van der Waals surface area (Å²) in [6, 6.07) is 8.27. The van der Waals surface area contributed by atoms with Gasteiger partial charge in [-0.25, -0.2) is 0 Å². The Bertz CT molecular complexity index is 511. The quantitative estimate of drug-likeness (QED) is 0.237. The molecule has 1 aromatic rings. The molecule has 0 aliphatic carbocycles. The Balaban J connectivity index is 0.00000338. The van der Waals surface area contributed by atoms with Crippen LogP contribution in [0.4, 0.5) is 0 Å². The lowest BCUT2D eigenvalue weighted by Crippen LogP contribution is -2.42. The zero-order valence-electron chi connectivity index (χ0n) is 16.5. The van der Waals surface area contributed by atoms with Gasteiger partial charge in [-0.3, -0.25) is 4.99 Å². The monoisotopic (exact) mass is 474 g/mol. The zero-order chi connectivity index (χ0) is 17.9. The fourth-order valence-electron chi connectivity index (χ4n) is 3.09. The highest BCUT2D eigenvalue weighted by Crippen LogP contribution is 2.27. The van der Waals surface area contributed by atoms with Crippen molar-refractivity contribution >= 4 is 29.9 Å². The summed E-state index contributed by atoms with van der Waals surface area (Å²) in [5.74, 6) is 1.89. The number of unbranched alkanes of at least 4 members (excludes halogenated alkanes) is 4. The van der Waals surface area contributed by atoms with E-state index < -0.39 is 0 Å². The van der Waals surface area contributed by atoms with Crippen molar-refractivity contribution in [3.8, 4) is 5.75 Å². The van der Waals surface area contributed by atoms with Gasteiger partial charge in [-0.15, -0.1) is 24.0 Å². The van der Waals surface area contributed by atoms with E-state index in [0.717, 1.165) is 31.2 Å². The summed E-state index contributed by atoms with van der Waals surface area (Å²) in [5.41, 5.74) is 1.30. The van der Waals surface area contributed by atoms with Crippen molar-refractivity contribution in [3.63, 3.8) is 0 Å². The topological polar surface area (TPSA) is 48.9 Å². The molecule has 26 heavy (non-hydrogen) atoms. The first-order valence-corrected chi connectivity index (χ1v) is 9.53. The third-order valence-corrected chi connectivity index (χ3v) is 4.51. The Kier molecular flexibility index (Phi) is 11.7. The highest BCUT2D eigenvalue weighted by Gasteiger charge is 2.22. The van der Waals surface area contributed by atoms with E-state index in [1.807, 2.05) is 19.2 Å². The van der Waals surface area contributed by atoms with Crippen LogP contribution in [0.15, 0.2) is 29.3 Å². The van der Waals surface area contributed by atoms with Crippen LogP contribution in [0.1, 0.15) is 37.7 Å². The maximum absolute atomic E-state index is 5.95. The van der Waals surface area contributed by atoms with Crippen LogP contribution < -0.4 is 15.4 Å². The highest BCUT2D eigenvalue weighted by atomic mass is 127. The zero-order valence-corrected chi connectivity index (χ0v) is 18.8. The molecule has 2 rings (SSSR count). The van der Waals surface area contributed by atoms with Gasteiger partial charge in [0.1, 0.15) is 11.9 Å². The molecule has 0 aromatic heterocycles. The van der Waals surface area contributed by atoms with Crippen molar-refractivity contribution in [3.05, 3.63) is 29.8 Å². The van der Waals surface area contributed by atoms with Crippen LogP contribution in [0.25, 0.3) is 0 Å². The van der Waals surface area contributed by atoms with Crippen LogP contribution in [-0.4, -0.2) is 57.7 Å². The average molecular weight is 474 g/mol. The summed E-state index contributed by atoms with van der Waals surface area (Å²) in [6.45, 7) is 2.94. The first-order chi connectivity index (χ1) is 12.2. The third-order valence-electron chi connectivity index (χ3n) is 4.51. The summed E-state index contributed by atoms with van der Waals surface area (Å²) >= 11 is 0. The Hall–Kier alpha value is -1.02. The molecule has 0 saturated heterocycles. The SMILES string of the molecule is CN=C(NCCCCCCCN(C)C)NCC1Cc2ccccc2O1.I. The number of rotatable bonds is 10. The Morgan fingerprint density at radius 2 is 1.85 bits per heavy atom. The van der Waals surface area contributed by atoms with Crippen molar-refractivity contribution in [1.29, 1.82) is 0 Å². The molecule has 0 amide bonds. The van der Waals surface area contributed by atoms with Gasteiger partial charge >= 0.3 is 0 Å². The van der Waals surface area contributed by atoms with Gasteiger partial charge in [0.15, 0.2) is 5.96 Å². The number of halogens is 1. The Morgan fingerprint density at radius 1 is 1.12 bits per heavy atom. The van der Waals surface area contributed by atoms with Gasteiger partial charge in [-0.05, 0) is 45.1 Å². The lowest BCUT2D eigenvalue weighted by molar-refractivity contribution is 0.235. The highest BCUT2D eigenvalue weighted by molar-refractivity contribution is 14.0. The van der Waals surface area contributed by atoms with Gasteiger partial charge in [0.25, 0.3) is 0 Å². The molecule has 1 unspecified atom stereocenters. The number of nitrogens with one attached hydrogen (secondary N) is 2. The minimum atomic E-state index is 0. The average Bonchev–Trinajstić information content (AvgIpc) is 3.02. The number of para-hydroxylation sites is 1. The number of nitrogens with zero attached hydrogens (tertiary/aromatic N) is 2. The number of guanidine groups is 1. The van der Waals surface area contributed by atoms with Gasteiger partial charge in [-0.1, -0.05) is 37.5 Å². The largest absolute Gasteiger partial charge is 0.488 e. The summed E-state index contributed by atoms with van der Waals surface area (Å²) in [7, 11) is 6.09. The standard InChI is InChI=1S/C20H34N4O.HI/c1-21-20(22-13-9-5-4-6-10-14-24(2)3)23-16-18-15-17-11-7-8-12-19(17)25-18;/h7-8,11-12,18H,4-6,9-10,13-16H2,1-3H3,(H2,21,22,23);1H. The predicted octanol–water partition coefficient (Wildman–Crippen LogP) is 3.29. The Morgan fingerprint density at radius 3 is 2.58 bits per heavy atom. The summed E-state index contributed by atoms with van der Waals surface area (Å²) in [6.07, 6.45) is 7.56. The third kappa shape index (κ3) is 8.58. The van der Waals surface area contributed by atoms with Crippen LogP contribution in [0.3, 0.4) is 0 Å². The first-order valence-electron chi connectivity index (χ1n) is 9.53. The fraction of sp³-hybridized carbons (Fsp3) is 0.650. The van der Waals surface area contributed by atoms with Gasteiger partial charge in [0, 0.05) is 20.0 Å². The molecule has 0 bridgehead atoms. The van der Waals surface area contributed by atoms with Gasteiger partial charge in [0.2, 0.25) is 0 Å². The normalized spacial score (nSPS) is 16.0. The summed E-state index contributed by atoms with van der Waals surface area (Å²) in [5, 5.41) is 6.78. The number of fused-ring (bicyclic) bond motifs is 1. The lowest BCUT2D eigenvalue weighted by Gasteiger charge is -2.15. The summed E-state index contributed by atoms with van der Waals surface area (Å²) in [4.78, 5) is 6.55. The molecule has 1 heterocycles. The molecule has 1 aromatic carbocycles. The molecule has 0 saturated carbocycles. The molecule has 1 aliphatic rings. The van der Waals surface area contributed by atoms with Crippen LogP contribution >= 0.6 is 24.0 Å². The number of hydrogen-bond donors (Lipinski definition) is 2. The van der Waals surface area contributed by atoms with Crippen LogP contribution in [-0.2, 0) is 6.42 Å². The molecule has 0 spiro atoms. The van der Waals surface area contributed by atoms with Crippen molar-refractivity contribution < 1.29 is 4.74 Å². The van der Waals surface area contributed by atoms with Gasteiger partial charge < -0.3 is 20.3 Å². The molecule has 1 aliphatic heterocycles. The maximum atomic E-state index is 5.95. The number of aliphatic imine (C=N–C) groups is 1. The first kappa shape index (κ1) is 23.0. The molecular weight excluding hydrogens is 439 g/mol. The second-order valence-electron chi connectivity index (χ2n) is 7.00. The van der Waals surface area contributed by atoms with Gasteiger partial charge in [0.05, 0.1) is 6.54 Å². The van der Waals surface area contributed by atoms with E-state index in [1.54, 1.807) is 0 Å². The van der Waals surface area contributed by atoms with Crippen molar-refractivity contribution in [2.24, 2.45) is 4.99 Å². The summed E-state index contributed by atoms with van der Waals surface area (Å²) < 4.78 is 5.95. The minimum Gasteiger partial charge on any atom is -0.488 e. The molecule has 148 valence electrons. The van der Waals surface area contributed by atoms with E-state index in [0.29, 0.717) is 0 Å². The van der Waals surface area contributed by atoms with E-state index in [1.165, 1.54) is 44.2 Å². The second kappa shape index (κ2) is 13.2.